The zero-order valence-corrected chi connectivity index (χ0v) is 14.0. The Balaban J connectivity index is 1.65. The van der Waals surface area contributed by atoms with Gasteiger partial charge in [-0.15, -0.1) is 0 Å². The molecule has 0 N–H and O–H groups in total. The van der Waals surface area contributed by atoms with E-state index >= 15 is 0 Å². The van der Waals surface area contributed by atoms with Crippen LogP contribution in [0.25, 0.3) is 0 Å². The molecule has 0 amide bonds. The number of ketones is 1. The van der Waals surface area contributed by atoms with Crippen molar-refractivity contribution in [2.24, 2.45) is 34.5 Å². The number of rotatable bonds is 0. The van der Waals surface area contributed by atoms with Crippen molar-refractivity contribution in [3.63, 3.8) is 0 Å². The van der Waals surface area contributed by atoms with Crippen LogP contribution in [-0.4, -0.2) is 5.78 Å². The van der Waals surface area contributed by atoms with Gasteiger partial charge in [0.1, 0.15) is 5.78 Å². The fraction of sp³-hybridized carbons (Fsp3) is 0.950. The van der Waals surface area contributed by atoms with E-state index in [1.807, 2.05) is 0 Å². The highest BCUT2D eigenvalue weighted by molar-refractivity contribution is 5.87. The van der Waals surface area contributed by atoms with Crippen molar-refractivity contribution in [3.05, 3.63) is 0 Å². The van der Waals surface area contributed by atoms with Gasteiger partial charge in [0.25, 0.3) is 0 Å². The van der Waals surface area contributed by atoms with Gasteiger partial charge in [0, 0.05) is 11.8 Å². The summed E-state index contributed by atoms with van der Waals surface area (Å²) >= 11 is 0. The van der Waals surface area contributed by atoms with Gasteiger partial charge in [0.15, 0.2) is 0 Å². The second kappa shape index (κ2) is 4.83. The third-order valence-electron chi connectivity index (χ3n) is 8.54. The summed E-state index contributed by atoms with van der Waals surface area (Å²) in [6.45, 7) is 4.95. The lowest BCUT2D eigenvalue weighted by Gasteiger charge is -2.58. The minimum Gasteiger partial charge on any atom is -0.299 e. The van der Waals surface area contributed by atoms with Gasteiger partial charge in [0.05, 0.1) is 0 Å². The van der Waals surface area contributed by atoms with Gasteiger partial charge in [0.2, 0.25) is 0 Å². The Bertz CT molecular complexity index is 441. The van der Waals surface area contributed by atoms with E-state index in [1.165, 1.54) is 64.2 Å². The molecule has 4 fully saturated rings. The van der Waals surface area contributed by atoms with E-state index in [9.17, 15) is 4.79 Å². The first-order chi connectivity index (χ1) is 10.1. The standard InChI is InChI=1S/C20H32O/c1-19-12-5-3-4-6-14(19)7-8-15-16-9-10-18(21)20(16,2)13-11-17(15)19/h14-17H,3-13H2,1-2H3/t14-,15-,16-,17?,19-,20-/m0/s1. The Labute approximate surface area is 130 Å². The van der Waals surface area contributed by atoms with Crippen LogP contribution in [0.5, 0.6) is 0 Å². The second-order valence-electron chi connectivity index (χ2n) is 9.17. The molecular formula is C20H32O. The monoisotopic (exact) mass is 288 g/mol. The Morgan fingerprint density at radius 1 is 0.857 bits per heavy atom. The zero-order valence-electron chi connectivity index (χ0n) is 14.0. The molecule has 1 unspecified atom stereocenters. The van der Waals surface area contributed by atoms with E-state index in [2.05, 4.69) is 13.8 Å². The van der Waals surface area contributed by atoms with Crippen molar-refractivity contribution in [3.8, 4) is 0 Å². The summed E-state index contributed by atoms with van der Waals surface area (Å²) < 4.78 is 0. The molecule has 0 spiro atoms. The Morgan fingerprint density at radius 2 is 1.71 bits per heavy atom. The molecule has 21 heavy (non-hydrogen) atoms. The predicted octanol–water partition coefficient (Wildman–Crippen LogP) is 5.38. The highest BCUT2D eigenvalue weighted by atomic mass is 16.1. The smallest absolute Gasteiger partial charge is 0.139 e. The molecule has 0 heterocycles. The van der Waals surface area contributed by atoms with Crippen LogP contribution in [0.4, 0.5) is 0 Å². The van der Waals surface area contributed by atoms with Crippen molar-refractivity contribution in [1.82, 2.24) is 0 Å². The quantitative estimate of drug-likeness (QED) is 0.585. The molecule has 4 aliphatic rings. The maximum atomic E-state index is 12.4. The van der Waals surface area contributed by atoms with Gasteiger partial charge in [-0.25, -0.2) is 0 Å². The number of carbonyl (C=O) groups is 1. The lowest BCUT2D eigenvalue weighted by molar-refractivity contribution is -0.136. The van der Waals surface area contributed by atoms with Crippen molar-refractivity contribution in [1.29, 1.82) is 0 Å². The van der Waals surface area contributed by atoms with E-state index < -0.39 is 0 Å². The first-order valence-electron chi connectivity index (χ1n) is 9.59. The van der Waals surface area contributed by atoms with Crippen LogP contribution >= 0.6 is 0 Å². The van der Waals surface area contributed by atoms with E-state index in [0.717, 1.165) is 30.1 Å². The van der Waals surface area contributed by atoms with Crippen molar-refractivity contribution in [2.45, 2.75) is 84.5 Å². The average molecular weight is 288 g/mol. The first kappa shape index (κ1) is 14.3. The van der Waals surface area contributed by atoms with Crippen molar-refractivity contribution < 1.29 is 4.79 Å². The number of hydrogen-bond acceptors (Lipinski definition) is 1. The molecule has 6 atom stereocenters. The minimum atomic E-state index is 0.0646. The molecule has 1 heteroatoms. The topological polar surface area (TPSA) is 17.1 Å². The molecule has 4 aliphatic carbocycles. The summed E-state index contributed by atoms with van der Waals surface area (Å²) in [5.41, 5.74) is 0.668. The molecule has 0 aromatic rings. The molecular weight excluding hydrogens is 256 g/mol. The molecule has 0 aromatic heterocycles. The third-order valence-corrected chi connectivity index (χ3v) is 8.54. The molecule has 4 saturated carbocycles. The van der Waals surface area contributed by atoms with Crippen LogP contribution in [0.3, 0.4) is 0 Å². The van der Waals surface area contributed by atoms with Gasteiger partial charge in [-0.3, -0.25) is 4.79 Å². The number of fused-ring (bicyclic) bond motifs is 5. The molecule has 0 aliphatic heterocycles. The van der Waals surface area contributed by atoms with E-state index in [1.54, 1.807) is 0 Å². The van der Waals surface area contributed by atoms with Gasteiger partial charge >= 0.3 is 0 Å². The number of Topliss-reactive ketones (excluding diaryl/α,β-unsaturated/α-hetero) is 1. The first-order valence-corrected chi connectivity index (χ1v) is 9.59. The molecule has 0 aromatic carbocycles. The molecule has 118 valence electrons. The SMILES string of the molecule is C[C@]12CCC3[C@@H](CC[C@@H]4CCCCC[C@]34C)[C@@H]1CCC2=O. The van der Waals surface area contributed by atoms with Crippen LogP contribution in [0, 0.1) is 34.5 Å². The van der Waals surface area contributed by atoms with Crippen LogP contribution in [0.2, 0.25) is 0 Å². The molecule has 0 saturated heterocycles. The average Bonchev–Trinajstić information content (AvgIpc) is 2.65. The largest absolute Gasteiger partial charge is 0.299 e. The lowest BCUT2D eigenvalue weighted by Crippen LogP contribution is -2.51. The Kier molecular flexibility index (Phi) is 3.28. The Hall–Kier alpha value is -0.330. The van der Waals surface area contributed by atoms with Gasteiger partial charge in [-0.2, -0.15) is 0 Å². The maximum Gasteiger partial charge on any atom is 0.139 e. The minimum absolute atomic E-state index is 0.0646. The van der Waals surface area contributed by atoms with Gasteiger partial charge in [-0.05, 0) is 74.0 Å². The highest BCUT2D eigenvalue weighted by Gasteiger charge is 2.59. The summed E-state index contributed by atoms with van der Waals surface area (Å²) in [5, 5.41) is 0. The molecule has 1 nitrogen and oxygen atoms in total. The normalized spacial score (nSPS) is 53.5. The number of carbonyl (C=O) groups excluding carboxylic acids is 1. The second-order valence-corrected chi connectivity index (χ2v) is 9.17. The maximum absolute atomic E-state index is 12.4. The van der Waals surface area contributed by atoms with E-state index in [-0.39, 0.29) is 5.41 Å². The van der Waals surface area contributed by atoms with Gasteiger partial charge < -0.3 is 0 Å². The van der Waals surface area contributed by atoms with Crippen molar-refractivity contribution >= 4 is 5.78 Å². The summed E-state index contributed by atoms with van der Waals surface area (Å²) in [7, 11) is 0. The molecule has 4 rings (SSSR count). The summed E-state index contributed by atoms with van der Waals surface area (Å²) in [4.78, 5) is 12.4. The van der Waals surface area contributed by atoms with Crippen LogP contribution < -0.4 is 0 Å². The van der Waals surface area contributed by atoms with Gasteiger partial charge in [-0.1, -0.05) is 33.1 Å². The summed E-state index contributed by atoms with van der Waals surface area (Å²) in [6.07, 6.45) is 14.9. The predicted molar refractivity (Wildman–Crippen MR) is 86.0 cm³/mol. The van der Waals surface area contributed by atoms with Crippen LogP contribution in [0.15, 0.2) is 0 Å². The Morgan fingerprint density at radius 3 is 2.57 bits per heavy atom. The number of hydrogen-bond donors (Lipinski definition) is 0. The summed E-state index contributed by atoms with van der Waals surface area (Å²) in [6, 6.07) is 0. The summed E-state index contributed by atoms with van der Waals surface area (Å²) in [5.74, 6) is 4.11. The fourth-order valence-corrected chi connectivity index (χ4v) is 7.24. The highest BCUT2D eigenvalue weighted by Crippen LogP contribution is 2.64. The van der Waals surface area contributed by atoms with Crippen LogP contribution in [-0.2, 0) is 4.79 Å². The molecule has 0 radical (unpaired) electrons. The lowest BCUT2D eigenvalue weighted by atomic mass is 9.47. The third kappa shape index (κ3) is 1.91. The van der Waals surface area contributed by atoms with E-state index in [0.29, 0.717) is 11.2 Å². The molecule has 0 bridgehead atoms. The van der Waals surface area contributed by atoms with Crippen LogP contribution in [0.1, 0.15) is 84.5 Å². The van der Waals surface area contributed by atoms with Crippen molar-refractivity contribution in [2.75, 3.05) is 0 Å². The zero-order chi connectivity index (χ0) is 14.7. The van der Waals surface area contributed by atoms with E-state index in [4.69, 9.17) is 0 Å². The fourth-order valence-electron chi connectivity index (χ4n) is 7.24.